The van der Waals surface area contributed by atoms with Crippen LogP contribution in [0.4, 0.5) is 34.1 Å². The van der Waals surface area contributed by atoms with E-state index in [1.54, 1.807) is 36.4 Å². The van der Waals surface area contributed by atoms with Crippen molar-refractivity contribution >= 4 is 144 Å². The number of rotatable bonds is 6. The third-order valence-electron chi connectivity index (χ3n) is 19.7. The van der Waals surface area contributed by atoms with Gasteiger partial charge in [0.25, 0.3) is 6.71 Å². The summed E-state index contributed by atoms with van der Waals surface area (Å²) >= 11 is 0. The molecule has 0 spiro atoms. The zero-order valence-corrected chi connectivity index (χ0v) is 54.5. The van der Waals surface area contributed by atoms with Crippen molar-refractivity contribution < 1.29 is 32.9 Å². The Morgan fingerprint density at radius 1 is 0.268 bits per heavy atom. The molecule has 466 valence electrons. The van der Waals surface area contributed by atoms with Crippen molar-refractivity contribution in [1.29, 1.82) is 0 Å². The van der Waals surface area contributed by atoms with E-state index in [0.29, 0.717) is 89.3 Å². The van der Waals surface area contributed by atoms with Crippen LogP contribution in [0.15, 0.2) is 278 Å². The van der Waals surface area contributed by atoms with E-state index < -0.39 is 133 Å². The first-order valence-corrected chi connectivity index (χ1v) is 32.4. The molecule has 0 atom stereocenters. The van der Waals surface area contributed by atoms with E-state index in [1.807, 2.05) is 125 Å². The van der Waals surface area contributed by atoms with Crippen LogP contribution < -0.4 is 26.2 Å². The fourth-order valence-electron chi connectivity index (χ4n) is 15.1. The summed E-state index contributed by atoms with van der Waals surface area (Å²) < 4.78 is 234. The molecule has 6 nitrogen and oxygen atoms in total. The lowest BCUT2D eigenvalue weighted by Gasteiger charge is -2.45. The molecule has 6 heterocycles. The van der Waals surface area contributed by atoms with Crippen molar-refractivity contribution in [2.75, 3.05) is 9.80 Å². The quantitative estimate of drug-likeness (QED) is 0.155. The number of aromatic nitrogens is 4. The summed E-state index contributed by atoms with van der Waals surface area (Å²) in [6.45, 7) is 17.7. The predicted molar refractivity (Wildman–Crippen MR) is 414 cm³/mol. The van der Waals surface area contributed by atoms with Crippen molar-refractivity contribution in [3.8, 4) is 22.7 Å². The van der Waals surface area contributed by atoms with Crippen molar-refractivity contribution in [3.05, 3.63) is 295 Å². The number of hydrogen-bond donors (Lipinski definition) is 0. The highest BCUT2D eigenvalue weighted by molar-refractivity contribution is 7.00. The smallest absolute Gasteiger partial charge is 0.252 e. The predicted octanol–water partition coefficient (Wildman–Crippen LogP) is 22.1. The van der Waals surface area contributed by atoms with Crippen LogP contribution in [-0.4, -0.2) is 25.0 Å². The van der Waals surface area contributed by atoms with Gasteiger partial charge in [-0.05, 0) is 158 Å². The largest absolute Gasteiger partial charge is 0.309 e. The minimum absolute atomic E-state index is 0.156. The zero-order valence-electron chi connectivity index (χ0n) is 78.5. The minimum atomic E-state index is -0.960. The van der Waals surface area contributed by atoms with Gasteiger partial charge < -0.3 is 28.1 Å². The van der Waals surface area contributed by atoms with Crippen LogP contribution in [0.2, 0.25) is 0 Å². The summed E-state index contributed by atoms with van der Waals surface area (Å²) in [7, 11) is 0. The topological polar surface area (TPSA) is 26.2 Å². The van der Waals surface area contributed by atoms with Crippen LogP contribution in [0.5, 0.6) is 0 Å². The molecule has 0 unspecified atom stereocenters. The first kappa shape index (κ1) is 37.7. The van der Waals surface area contributed by atoms with Gasteiger partial charge >= 0.3 is 0 Å². The van der Waals surface area contributed by atoms with E-state index >= 15 is 0 Å². The maximum atomic E-state index is 9.96. The number of para-hydroxylation sites is 8. The summed E-state index contributed by atoms with van der Waals surface area (Å²) in [5, 5.41) is 0.568. The van der Waals surface area contributed by atoms with E-state index in [1.165, 1.54) is 9.13 Å². The molecule has 17 aromatic rings. The van der Waals surface area contributed by atoms with E-state index in [4.69, 9.17) is 5.48 Å². The molecular weight excluding hydrogens is 1180 g/mol. The number of fused-ring (bicyclic) bond motifs is 16. The van der Waals surface area contributed by atoms with Crippen LogP contribution in [0.1, 0.15) is 112 Å². The summed E-state index contributed by atoms with van der Waals surface area (Å²) in [5.41, 5.74) is 7.24. The Balaban J connectivity index is 1.03. The molecule has 19 rings (SSSR count). The second-order valence-corrected chi connectivity index (χ2v) is 28.4. The molecule has 13 aromatic carbocycles. The van der Waals surface area contributed by atoms with Gasteiger partial charge in [-0.3, -0.25) is 0 Å². The lowest BCUT2D eigenvalue weighted by atomic mass is 9.33. The fraction of sp³-hybridized carbons (Fsp3) is 0.133. The van der Waals surface area contributed by atoms with E-state index in [2.05, 4.69) is 53.7 Å². The van der Waals surface area contributed by atoms with Gasteiger partial charge in [0.15, 0.2) is 0 Å². The molecule has 0 saturated carbocycles. The second kappa shape index (κ2) is 20.6. The van der Waals surface area contributed by atoms with Gasteiger partial charge in [-0.1, -0.05) is 232 Å². The van der Waals surface area contributed by atoms with Crippen LogP contribution >= 0.6 is 0 Å². The average molecular weight is 1270 g/mol. The standard InChI is InChI=1S/C90H73BN6/c1-88(2,3)56-40-44-59(45-41-56)94-77-36-20-14-28-67(77)69-30-22-38-79(86(69)94)96-81-54-61(92-73-32-16-10-24-63(73)64-25-11-17-33-74(64)92)48-50-71(81)91-72-51-49-62(93-75-34-18-12-26-65(75)66-27-13-19-35-76(66)93)55-82(72)97(84-53-58(90(7,8)9)52-83(96)85(84)91)80-39-23-31-70-68-29-15-21-37-78(68)95(87(70)80)60-46-42-57(43-47-60)89(4,5)6/h10-55H,1-9H3/i10D,11D,12D,13D,14D,15D,16D,17D,18D,19D,20D,21D,24D,25D,26D,27D,28D,29D,32D,33D,34D,35D,36D,37D. The molecule has 97 heavy (non-hydrogen) atoms. The molecule has 0 saturated heterocycles. The maximum Gasteiger partial charge on any atom is 0.252 e. The third kappa shape index (κ3) is 8.40. The minimum Gasteiger partial charge on any atom is -0.309 e. The van der Waals surface area contributed by atoms with Crippen LogP contribution in [0.3, 0.4) is 0 Å². The summed E-state index contributed by atoms with van der Waals surface area (Å²) in [6, 6.07) is 28.8. The Hall–Kier alpha value is -11.3. The van der Waals surface area contributed by atoms with Crippen LogP contribution in [0, 0.1) is 0 Å². The normalized spacial score (nSPS) is 16.8. The van der Waals surface area contributed by atoms with Crippen LogP contribution in [-0.2, 0) is 16.2 Å². The Labute approximate surface area is 599 Å². The lowest BCUT2D eigenvalue weighted by molar-refractivity contribution is 0.590. The number of nitrogens with zero attached hydrogens (tertiary/aromatic N) is 6. The van der Waals surface area contributed by atoms with Gasteiger partial charge in [0.2, 0.25) is 0 Å². The molecular formula is C90H73BN6. The van der Waals surface area contributed by atoms with Gasteiger partial charge in [-0.25, -0.2) is 0 Å². The second-order valence-electron chi connectivity index (χ2n) is 28.4. The van der Waals surface area contributed by atoms with Gasteiger partial charge in [0.1, 0.15) is 0 Å². The first-order chi connectivity index (χ1) is 57.0. The SMILES string of the molecule is [2H]c1c([2H])c([2H])c2c(c1[2H])c1cccc(N3c4cc(-n5c6c([2H])c([2H])c([2H])c([2H])c6c6c([2H])c([2H])c([2H])c([2H])c65)ccc4B4c5ccc(-n6c7c([2H])c([2H])c([2H])c([2H])c7c7c([2H])c([2H])c([2H])c([2H])c76)cc5N(c5cccc6c7c([2H])c([2H])c([2H])c([2H])c7n(-c7ccc(C(C)(C)C)cc7)c56)c5cc(C(C)(C)C)cc3c54)c1n2-c1ccc(C(C)(C)C)cc1. The monoisotopic (exact) mass is 1270 g/mol. The first-order valence-electron chi connectivity index (χ1n) is 44.4. The van der Waals surface area contributed by atoms with Crippen LogP contribution in [0.25, 0.3) is 110 Å². The summed E-state index contributed by atoms with van der Waals surface area (Å²) in [4.78, 5) is 4.07. The molecule has 0 bridgehead atoms. The molecule has 0 radical (unpaired) electrons. The van der Waals surface area contributed by atoms with E-state index in [9.17, 15) is 27.4 Å². The molecule has 2 aliphatic heterocycles. The van der Waals surface area contributed by atoms with Gasteiger partial charge in [0.05, 0.1) is 88.4 Å². The number of hydrogen-bond acceptors (Lipinski definition) is 2. The van der Waals surface area contributed by atoms with Crippen molar-refractivity contribution in [1.82, 2.24) is 18.3 Å². The molecule has 0 N–H and O–H groups in total. The highest BCUT2D eigenvalue weighted by atomic mass is 15.2. The summed E-state index contributed by atoms with van der Waals surface area (Å²) in [5.74, 6) is 0. The molecule has 0 aliphatic carbocycles. The van der Waals surface area contributed by atoms with Crippen molar-refractivity contribution in [2.24, 2.45) is 0 Å². The third-order valence-corrected chi connectivity index (χ3v) is 19.7. The van der Waals surface area contributed by atoms with Gasteiger partial charge in [0, 0.05) is 88.6 Å². The van der Waals surface area contributed by atoms with E-state index in [-0.39, 0.29) is 112 Å². The Kier molecular flexibility index (Phi) is 8.02. The number of anilines is 6. The maximum absolute atomic E-state index is 9.96. The van der Waals surface area contributed by atoms with E-state index in [0.717, 1.165) is 11.1 Å². The Morgan fingerprint density at radius 3 is 0.897 bits per heavy atom. The van der Waals surface area contributed by atoms with Crippen molar-refractivity contribution in [3.63, 3.8) is 0 Å². The highest BCUT2D eigenvalue weighted by Crippen LogP contribution is 2.52. The number of benzene rings is 13. The zero-order chi connectivity index (χ0) is 86.4. The van der Waals surface area contributed by atoms with Gasteiger partial charge in [-0.15, -0.1) is 0 Å². The molecule has 2 aliphatic rings. The molecule has 0 amide bonds. The van der Waals surface area contributed by atoms with Crippen molar-refractivity contribution in [2.45, 2.75) is 78.6 Å². The molecule has 7 heteroatoms. The Morgan fingerprint density at radius 2 is 0.567 bits per heavy atom. The lowest BCUT2D eigenvalue weighted by Crippen LogP contribution is -2.61. The Bertz CT molecular complexity index is 7060. The summed E-state index contributed by atoms with van der Waals surface area (Å²) in [6.07, 6.45) is 0. The fourth-order valence-corrected chi connectivity index (χ4v) is 15.1. The molecule has 0 fully saturated rings. The molecule has 4 aromatic heterocycles. The van der Waals surface area contributed by atoms with Gasteiger partial charge in [-0.2, -0.15) is 0 Å². The average Bonchev–Trinajstić information content (AvgIpc) is 1.68. The highest BCUT2D eigenvalue weighted by Gasteiger charge is 2.46.